The number of nitrogens with one attached hydrogen (secondary N) is 1. The zero-order valence-electron chi connectivity index (χ0n) is 14.2. The first kappa shape index (κ1) is 19.1. The third kappa shape index (κ3) is 3.24. The summed E-state index contributed by atoms with van der Waals surface area (Å²) in [5, 5.41) is 3.47. The quantitative estimate of drug-likeness (QED) is 0.777. The highest BCUT2D eigenvalue weighted by Crippen LogP contribution is 2.46. The summed E-state index contributed by atoms with van der Waals surface area (Å²) in [4.78, 5) is 7.76. The summed E-state index contributed by atoms with van der Waals surface area (Å²) in [5.41, 5.74) is 5.41. The van der Waals surface area contributed by atoms with Crippen LogP contribution < -0.4 is 5.32 Å². The van der Waals surface area contributed by atoms with Gasteiger partial charge in [-0.25, -0.2) is 0 Å². The summed E-state index contributed by atoms with van der Waals surface area (Å²) in [6.45, 7) is 2.98. The summed E-state index contributed by atoms with van der Waals surface area (Å²) >= 11 is 1.92. The number of pyridine rings is 1. The molecule has 25 heavy (non-hydrogen) atoms. The Balaban J connectivity index is 0.000000911. The van der Waals surface area contributed by atoms with Crippen LogP contribution in [0.25, 0.3) is 10.6 Å². The third-order valence-corrected chi connectivity index (χ3v) is 6.95. The van der Waals surface area contributed by atoms with Gasteiger partial charge >= 0.3 is 0 Å². The molecule has 3 nitrogen and oxygen atoms in total. The Morgan fingerprint density at radius 1 is 1.04 bits per heavy atom. The van der Waals surface area contributed by atoms with E-state index in [4.69, 9.17) is 9.72 Å². The van der Waals surface area contributed by atoms with E-state index >= 15 is 0 Å². The highest BCUT2D eigenvalue weighted by molar-refractivity contribution is 7.15. The van der Waals surface area contributed by atoms with Gasteiger partial charge in [-0.2, -0.15) is 0 Å². The molecule has 0 radical (unpaired) electrons. The molecule has 0 unspecified atom stereocenters. The van der Waals surface area contributed by atoms with E-state index in [9.17, 15) is 0 Å². The number of hydrogen-bond donors (Lipinski definition) is 1. The number of piperidine rings is 1. The van der Waals surface area contributed by atoms with Crippen molar-refractivity contribution in [3.05, 3.63) is 39.9 Å². The van der Waals surface area contributed by atoms with Crippen LogP contribution in [0.3, 0.4) is 0 Å². The molecule has 1 saturated heterocycles. The van der Waals surface area contributed by atoms with E-state index < -0.39 is 0 Å². The molecule has 3 aliphatic rings. The molecule has 2 aromatic rings. The van der Waals surface area contributed by atoms with Gasteiger partial charge in [-0.1, -0.05) is 6.07 Å². The van der Waals surface area contributed by atoms with Crippen molar-refractivity contribution < 1.29 is 4.74 Å². The van der Waals surface area contributed by atoms with Gasteiger partial charge in [-0.3, -0.25) is 4.98 Å². The van der Waals surface area contributed by atoms with Gasteiger partial charge in [0.25, 0.3) is 0 Å². The summed E-state index contributed by atoms with van der Waals surface area (Å²) in [7, 11) is 0. The zero-order valence-corrected chi connectivity index (χ0v) is 16.6. The molecule has 2 aliphatic heterocycles. The molecular weight excluding hydrogens is 375 g/mol. The van der Waals surface area contributed by atoms with E-state index in [1.54, 1.807) is 0 Å². The molecule has 4 heterocycles. The maximum atomic E-state index is 6.31. The van der Waals surface area contributed by atoms with Gasteiger partial charge in [-0.15, -0.1) is 36.2 Å². The van der Waals surface area contributed by atoms with Crippen LogP contribution in [0.4, 0.5) is 0 Å². The SMILES string of the molecule is Cl.Cl.c1cc2c(nc1-c1cc3c(s1)C1(CCNCC1)OCC3)CCC2. The number of ether oxygens (including phenoxy) is 1. The fourth-order valence-corrected chi connectivity index (χ4v) is 5.69. The molecule has 0 atom stereocenters. The van der Waals surface area contributed by atoms with E-state index in [-0.39, 0.29) is 30.4 Å². The minimum absolute atomic E-state index is 0. The van der Waals surface area contributed by atoms with Gasteiger partial charge in [0.2, 0.25) is 0 Å². The van der Waals surface area contributed by atoms with Gasteiger partial charge in [0, 0.05) is 10.6 Å². The molecule has 0 amide bonds. The van der Waals surface area contributed by atoms with Crippen LogP contribution in [0.15, 0.2) is 18.2 Å². The summed E-state index contributed by atoms with van der Waals surface area (Å²) < 4.78 is 6.31. The molecule has 0 saturated carbocycles. The Labute approximate surface area is 165 Å². The fourth-order valence-electron chi connectivity index (χ4n) is 4.31. The van der Waals surface area contributed by atoms with E-state index in [1.807, 2.05) is 11.3 Å². The second kappa shape index (κ2) is 7.53. The van der Waals surface area contributed by atoms with Crippen LogP contribution in [0.5, 0.6) is 0 Å². The first-order chi connectivity index (χ1) is 11.3. The summed E-state index contributed by atoms with van der Waals surface area (Å²) in [6.07, 6.45) is 6.85. The topological polar surface area (TPSA) is 34.2 Å². The zero-order chi connectivity index (χ0) is 15.3. The molecule has 1 fully saturated rings. The molecule has 5 rings (SSSR count). The van der Waals surface area contributed by atoms with E-state index in [2.05, 4.69) is 23.5 Å². The Bertz CT molecular complexity index is 756. The first-order valence-corrected chi connectivity index (χ1v) is 9.63. The largest absolute Gasteiger partial charge is 0.369 e. The summed E-state index contributed by atoms with van der Waals surface area (Å²) in [6, 6.07) is 6.90. The molecular formula is C19H24Cl2N2OS. The Kier molecular flexibility index (Phi) is 5.76. The van der Waals surface area contributed by atoms with Gasteiger partial charge in [0.15, 0.2) is 0 Å². The number of halogens is 2. The van der Waals surface area contributed by atoms with Crippen molar-refractivity contribution in [2.24, 2.45) is 0 Å². The standard InChI is InChI=1S/C19H22N2OS.2ClH/c1-2-13-4-5-16(21-15(13)3-1)17-12-14-6-11-22-19(18(14)23-17)7-9-20-10-8-19;;/h4-5,12,20H,1-3,6-11H2;2*1H. The van der Waals surface area contributed by atoms with Crippen LogP contribution in [-0.2, 0) is 29.6 Å². The monoisotopic (exact) mass is 398 g/mol. The average Bonchev–Trinajstić information content (AvgIpc) is 3.22. The van der Waals surface area contributed by atoms with Crippen LogP contribution in [-0.4, -0.2) is 24.7 Å². The smallest absolute Gasteiger partial charge is 0.105 e. The van der Waals surface area contributed by atoms with Crippen LogP contribution in [0.2, 0.25) is 0 Å². The van der Waals surface area contributed by atoms with Crippen molar-refractivity contribution in [1.82, 2.24) is 10.3 Å². The van der Waals surface area contributed by atoms with Gasteiger partial charge < -0.3 is 10.1 Å². The van der Waals surface area contributed by atoms with Gasteiger partial charge in [0.1, 0.15) is 5.60 Å². The lowest BCUT2D eigenvalue weighted by Gasteiger charge is -2.40. The normalized spacial score (nSPS) is 20.3. The second-order valence-corrected chi connectivity index (χ2v) is 8.02. The second-order valence-electron chi connectivity index (χ2n) is 6.96. The molecule has 0 bridgehead atoms. The molecule has 0 aromatic carbocycles. The van der Waals surface area contributed by atoms with Crippen molar-refractivity contribution in [3.63, 3.8) is 0 Å². The van der Waals surface area contributed by atoms with Crippen LogP contribution in [0, 0.1) is 0 Å². The van der Waals surface area contributed by atoms with Crippen LogP contribution in [0.1, 0.15) is 41.0 Å². The number of hydrogen-bond acceptors (Lipinski definition) is 4. The lowest BCUT2D eigenvalue weighted by atomic mass is 9.86. The number of nitrogens with zero attached hydrogens (tertiary/aromatic N) is 1. The third-order valence-electron chi connectivity index (χ3n) is 5.56. The minimum Gasteiger partial charge on any atom is -0.369 e. The highest BCUT2D eigenvalue weighted by Gasteiger charge is 2.40. The maximum absolute atomic E-state index is 6.31. The van der Waals surface area contributed by atoms with Crippen molar-refractivity contribution in [2.75, 3.05) is 19.7 Å². The van der Waals surface area contributed by atoms with Crippen molar-refractivity contribution in [2.45, 2.75) is 44.1 Å². The predicted octanol–water partition coefficient (Wildman–Crippen LogP) is 4.29. The lowest BCUT2D eigenvalue weighted by Crippen LogP contribution is -2.43. The van der Waals surface area contributed by atoms with Crippen molar-refractivity contribution in [1.29, 1.82) is 0 Å². The lowest BCUT2D eigenvalue weighted by molar-refractivity contribution is -0.0771. The molecule has 136 valence electrons. The van der Waals surface area contributed by atoms with Crippen molar-refractivity contribution >= 4 is 36.2 Å². The molecule has 6 heteroatoms. The van der Waals surface area contributed by atoms with E-state index in [1.165, 1.54) is 39.4 Å². The van der Waals surface area contributed by atoms with Gasteiger partial charge in [0.05, 0.1) is 17.2 Å². The van der Waals surface area contributed by atoms with E-state index in [0.29, 0.717) is 0 Å². The molecule has 2 aromatic heterocycles. The number of fused-ring (bicyclic) bond motifs is 3. The Morgan fingerprint density at radius 3 is 2.72 bits per heavy atom. The predicted molar refractivity (Wildman–Crippen MR) is 108 cm³/mol. The maximum Gasteiger partial charge on any atom is 0.105 e. The average molecular weight is 399 g/mol. The number of aromatic nitrogens is 1. The molecule has 1 N–H and O–H groups in total. The summed E-state index contributed by atoms with van der Waals surface area (Å²) in [5.74, 6) is 0. The van der Waals surface area contributed by atoms with E-state index in [0.717, 1.165) is 51.1 Å². The Morgan fingerprint density at radius 2 is 1.88 bits per heavy atom. The highest BCUT2D eigenvalue weighted by atomic mass is 35.5. The molecule has 1 aliphatic carbocycles. The number of rotatable bonds is 1. The minimum atomic E-state index is -0.0293. The van der Waals surface area contributed by atoms with Crippen molar-refractivity contribution in [3.8, 4) is 10.6 Å². The van der Waals surface area contributed by atoms with Crippen LogP contribution >= 0.6 is 36.2 Å². The number of thiophene rings is 1. The molecule has 1 spiro atoms. The Hall–Kier alpha value is -0.650. The fraction of sp³-hybridized carbons (Fsp3) is 0.526. The van der Waals surface area contributed by atoms with Gasteiger partial charge in [-0.05, 0) is 74.9 Å². The number of aryl methyl sites for hydroxylation is 2. The first-order valence-electron chi connectivity index (χ1n) is 8.81.